The van der Waals surface area contributed by atoms with Crippen molar-refractivity contribution in [2.45, 2.75) is 26.2 Å². The minimum Gasteiger partial charge on any atom is -0.490 e. The maximum absolute atomic E-state index is 15.7. The first-order chi connectivity index (χ1) is 14.1. The second kappa shape index (κ2) is 8.16. The number of anilines is 3. The molecule has 2 aliphatic heterocycles. The van der Waals surface area contributed by atoms with Gasteiger partial charge < -0.3 is 20.7 Å². The number of rotatable bonds is 4. The van der Waals surface area contributed by atoms with Crippen LogP contribution in [-0.4, -0.2) is 42.5 Å². The predicted octanol–water partition coefficient (Wildman–Crippen LogP) is 3.44. The molecule has 4 heterocycles. The first kappa shape index (κ1) is 19.3. The summed E-state index contributed by atoms with van der Waals surface area (Å²) in [5, 5.41) is 9.29. The monoisotopic (exact) mass is 397 g/mol. The average molecular weight is 397 g/mol. The van der Waals surface area contributed by atoms with E-state index in [2.05, 4.69) is 25.9 Å². The molecule has 0 saturated heterocycles. The van der Waals surface area contributed by atoms with E-state index >= 15 is 4.39 Å². The second-order valence-corrected chi connectivity index (χ2v) is 7.14. The molecule has 2 aliphatic rings. The molecule has 0 bridgehead atoms. The second-order valence-electron chi connectivity index (χ2n) is 7.14. The first-order valence-corrected chi connectivity index (χ1v) is 9.80. The van der Waals surface area contributed by atoms with Gasteiger partial charge in [0.05, 0.1) is 12.2 Å². The van der Waals surface area contributed by atoms with Crippen LogP contribution in [0.15, 0.2) is 18.2 Å². The van der Waals surface area contributed by atoms with Gasteiger partial charge in [0.25, 0.3) is 0 Å². The average Bonchev–Trinajstić information content (AvgIpc) is 2.98. The van der Waals surface area contributed by atoms with E-state index in [0.717, 1.165) is 29.9 Å². The molecule has 0 aliphatic carbocycles. The molecule has 8 heteroatoms. The van der Waals surface area contributed by atoms with Crippen LogP contribution in [0.25, 0.3) is 5.57 Å². The van der Waals surface area contributed by atoms with Gasteiger partial charge in [-0.05, 0) is 37.9 Å². The molecule has 2 aromatic rings. The predicted molar refractivity (Wildman–Crippen MR) is 111 cm³/mol. The van der Waals surface area contributed by atoms with Gasteiger partial charge in [-0.25, -0.2) is 14.4 Å². The Morgan fingerprint density at radius 2 is 2.10 bits per heavy atom. The van der Waals surface area contributed by atoms with E-state index in [1.165, 1.54) is 0 Å². The molecular formula is C21H24FN5O2. The highest BCUT2D eigenvalue weighted by molar-refractivity contribution is 6.00. The number of aryl methyl sites for hydroxylation is 1. The number of hydrogen-bond donors (Lipinski definition) is 3. The van der Waals surface area contributed by atoms with Gasteiger partial charge in [0.2, 0.25) is 0 Å². The summed E-state index contributed by atoms with van der Waals surface area (Å²) in [6.45, 7) is 3.60. The number of Topliss-reactive ketones (excluding diaryl/α,β-unsaturated/α-hetero) is 1. The number of nitrogens with one attached hydrogen (secondary N) is 3. The van der Waals surface area contributed by atoms with Gasteiger partial charge in [-0.3, -0.25) is 4.79 Å². The Labute approximate surface area is 168 Å². The minimum absolute atomic E-state index is 0.0177. The van der Waals surface area contributed by atoms with Gasteiger partial charge in [0.15, 0.2) is 28.9 Å². The summed E-state index contributed by atoms with van der Waals surface area (Å²) < 4.78 is 21.4. The molecule has 3 N–H and O–H groups in total. The third kappa shape index (κ3) is 3.93. The van der Waals surface area contributed by atoms with Gasteiger partial charge in [-0.2, -0.15) is 0 Å². The van der Waals surface area contributed by atoms with E-state index < -0.39 is 5.82 Å². The fourth-order valence-corrected chi connectivity index (χ4v) is 3.64. The van der Waals surface area contributed by atoms with Crippen molar-refractivity contribution >= 4 is 28.7 Å². The lowest BCUT2D eigenvalue weighted by atomic mass is 9.97. The Hall–Kier alpha value is -3.00. The molecule has 0 fully saturated rings. The van der Waals surface area contributed by atoms with Crippen LogP contribution in [0.3, 0.4) is 0 Å². The molecule has 152 valence electrons. The van der Waals surface area contributed by atoms with Crippen molar-refractivity contribution in [1.29, 1.82) is 0 Å². The third-order valence-electron chi connectivity index (χ3n) is 5.03. The Bertz CT molecular complexity index is 990. The van der Waals surface area contributed by atoms with Crippen LogP contribution < -0.4 is 20.7 Å². The minimum atomic E-state index is -0.527. The van der Waals surface area contributed by atoms with E-state index in [0.29, 0.717) is 24.3 Å². The molecule has 0 radical (unpaired) electrons. The lowest BCUT2D eigenvalue weighted by Gasteiger charge is -2.22. The van der Waals surface area contributed by atoms with Crippen molar-refractivity contribution in [1.82, 2.24) is 15.3 Å². The van der Waals surface area contributed by atoms with Gasteiger partial charge in [0, 0.05) is 37.5 Å². The van der Waals surface area contributed by atoms with Gasteiger partial charge >= 0.3 is 0 Å². The fourth-order valence-electron chi connectivity index (χ4n) is 3.64. The molecule has 0 saturated carbocycles. The van der Waals surface area contributed by atoms with Crippen molar-refractivity contribution in [2.24, 2.45) is 0 Å². The van der Waals surface area contributed by atoms with Crippen LogP contribution in [0, 0.1) is 12.7 Å². The lowest BCUT2D eigenvalue weighted by molar-refractivity contribution is 0.0926. The number of halogens is 1. The standard InChI is InChI=1S/C21H24FN5O2/c1-12-10-14(23-2)11-16(25-12)26-21-18(22)17(13-4-3-7-24-8-5-13)20-19(27-21)15(28)6-9-29-20/h5,10-11,24H,3-4,6-9H2,1-2H3,(H2,23,25,26,27). The summed E-state index contributed by atoms with van der Waals surface area (Å²) >= 11 is 0. The summed E-state index contributed by atoms with van der Waals surface area (Å²) in [6, 6.07) is 3.65. The van der Waals surface area contributed by atoms with Crippen LogP contribution in [-0.2, 0) is 0 Å². The Balaban J connectivity index is 1.83. The summed E-state index contributed by atoms with van der Waals surface area (Å²) in [5.41, 5.74) is 2.95. The topological polar surface area (TPSA) is 88.2 Å². The SMILES string of the molecule is CNc1cc(C)nc(Nc2nc3c(c(C4=CCNCCC4)c2F)OCCC3=O)c1. The van der Waals surface area contributed by atoms with E-state index in [1.54, 1.807) is 13.1 Å². The maximum Gasteiger partial charge on any atom is 0.188 e. The number of ketones is 1. The number of aromatic nitrogens is 2. The number of nitrogens with zero attached hydrogens (tertiary/aromatic N) is 2. The zero-order valence-electron chi connectivity index (χ0n) is 16.6. The van der Waals surface area contributed by atoms with Crippen molar-refractivity contribution < 1.29 is 13.9 Å². The molecule has 0 atom stereocenters. The summed E-state index contributed by atoms with van der Waals surface area (Å²) in [6.07, 6.45) is 3.77. The third-order valence-corrected chi connectivity index (χ3v) is 5.03. The van der Waals surface area contributed by atoms with E-state index in [9.17, 15) is 4.79 Å². The molecule has 0 aromatic carbocycles. The quantitative estimate of drug-likeness (QED) is 0.728. The largest absolute Gasteiger partial charge is 0.490 e. The van der Waals surface area contributed by atoms with Gasteiger partial charge in [-0.15, -0.1) is 0 Å². The van der Waals surface area contributed by atoms with Crippen LogP contribution in [0.1, 0.15) is 41.0 Å². The highest BCUT2D eigenvalue weighted by Gasteiger charge is 2.30. The summed E-state index contributed by atoms with van der Waals surface area (Å²) in [7, 11) is 1.80. The number of ether oxygens (including phenoxy) is 1. The number of hydrogen-bond acceptors (Lipinski definition) is 7. The van der Waals surface area contributed by atoms with Crippen molar-refractivity contribution in [3.8, 4) is 5.75 Å². The van der Waals surface area contributed by atoms with Crippen LogP contribution in [0.5, 0.6) is 5.75 Å². The smallest absolute Gasteiger partial charge is 0.188 e. The van der Waals surface area contributed by atoms with Crippen molar-refractivity contribution in [3.05, 3.63) is 41.0 Å². The molecule has 2 aromatic heterocycles. The van der Waals surface area contributed by atoms with Gasteiger partial charge in [-0.1, -0.05) is 6.08 Å². The van der Waals surface area contributed by atoms with Crippen LogP contribution >= 0.6 is 0 Å². The van der Waals surface area contributed by atoms with Crippen LogP contribution in [0.4, 0.5) is 21.7 Å². The molecule has 4 rings (SSSR count). The fraction of sp³-hybridized carbons (Fsp3) is 0.381. The number of pyridine rings is 2. The van der Waals surface area contributed by atoms with E-state index in [-0.39, 0.29) is 36.1 Å². The van der Waals surface area contributed by atoms with Gasteiger partial charge in [0.1, 0.15) is 5.82 Å². The molecule has 7 nitrogen and oxygen atoms in total. The van der Waals surface area contributed by atoms with Crippen molar-refractivity contribution in [2.75, 3.05) is 37.4 Å². The summed E-state index contributed by atoms with van der Waals surface area (Å²) in [5.74, 6) is 0.0192. The molecule has 0 spiro atoms. The zero-order valence-corrected chi connectivity index (χ0v) is 16.6. The number of allylic oxidation sites excluding steroid dienone is 1. The highest BCUT2D eigenvalue weighted by atomic mass is 19.1. The van der Waals surface area contributed by atoms with E-state index in [4.69, 9.17) is 4.74 Å². The highest BCUT2D eigenvalue weighted by Crippen LogP contribution is 2.39. The lowest BCUT2D eigenvalue weighted by Crippen LogP contribution is -2.20. The summed E-state index contributed by atoms with van der Waals surface area (Å²) in [4.78, 5) is 21.2. The Kier molecular flexibility index (Phi) is 5.44. The Morgan fingerprint density at radius 1 is 1.24 bits per heavy atom. The number of carbonyl (C=O) groups is 1. The molecule has 0 unspecified atom stereocenters. The molecule has 0 amide bonds. The molecular weight excluding hydrogens is 373 g/mol. The number of carbonyl (C=O) groups excluding carboxylic acids is 1. The van der Waals surface area contributed by atoms with Crippen molar-refractivity contribution in [3.63, 3.8) is 0 Å². The normalized spacial score (nSPS) is 16.4. The maximum atomic E-state index is 15.7. The molecule has 29 heavy (non-hydrogen) atoms. The number of fused-ring (bicyclic) bond motifs is 1. The van der Waals surface area contributed by atoms with E-state index in [1.807, 2.05) is 19.1 Å². The Morgan fingerprint density at radius 3 is 2.93 bits per heavy atom. The zero-order chi connectivity index (χ0) is 20.4. The van der Waals surface area contributed by atoms with Crippen LogP contribution in [0.2, 0.25) is 0 Å². The first-order valence-electron chi connectivity index (χ1n) is 9.80.